The maximum Gasteiger partial charge on any atom is 0.416 e. The molecule has 2 amide bonds. The lowest BCUT2D eigenvalue weighted by atomic mass is 10.0. The van der Waals surface area contributed by atoms with Crippen molar-refractivity contribution in [1.29, 1.82) is 0 Å². The van der Waals surface area contributed by atoms with Gasteiger partial charge < -0.3 is 20.1 Å². The second-order valence-electron chi connectivity index (χ2n) is 7.24. The summed E-state index contributed by atoms with van der Waals surface area (Å²) in [6.07, 6.45) is -2.32. The van der Waals surface area contributed by atoms with Crippen molar-refractivity contribution in [3.63, 3.8) is 0 Å². The summed E-state index contributed by atoms with van der Waals surface area (Å²) in [7, 11) is 0. The maximum atomic E-state index is 12.6. The second-order valence-corrected chi connectivity index (χ2v) is 7.24. The summed E-state index contributed by atoms with van der Waals surface area (Å²) in [5.41, 5.74) is 0.829. The molecule has 1 aliphatic carbocycles. The van der Waals surface area contributed by atoms with E-state index in [2.05, 4.69) is 10.6 Å². The van der Waals surface area contributed by atoms with Gasteiger partial charge in [-0.3, -0.25) is 0 Å². The molecule has 1 atom stereocenters. The predicted molar refractivity (Wildman–Crippen MR) is 99.7 cm³/mol. The van der Waals surface area contributed by atoms with E-state index in [0.717, 1.165) is 30.5 Å². The van der Waals surface area contributed by atoms with E-state index in [9.17, 15) is 18.0 Å². The summed E-state index contributed by atoms with van der Waals surface area (Å²) in [5.74, 6) is 1.72. The summed E-state index contributed by atoms with van der Waals surface area (Å²) in [6.45, 7) is 1.15. The quantitative estimate of drug-likeness (QED) is 0.773. The lowest BCUT2D eigenvalue weighted by molar-refractivity contribution is -0.137. The van der Waals surface area contributed by atoms with Crippen LogP contribution in [0.2, 0.25) is 0 Å². The average molecular weight is 406 g/mol. The van der Waals surface area contributed by atoms with E-state index in [1.165, 1.54) is 12.1 Å². The van der Waals surface area contributed by atoms with Crippen LogP contribution in [0.4, 0.5) is 18.0 Å². The highest BCUT2D eigenvalue weighted by Crippen LogP contribution is 2.43. The molecule has 4 rings (SSSR count). The molecule has 2 N–H and O–H groups in total. The van der Waals surface area contributed by atoms with Crippen molar-refractivity contribution in [2.45, 2.75) is 31.6 Å². The molecular weight excluding hydrogens is 385 g/mol. The number of hydrogen-bond donors (Lipinski definition) is 2. The molecule has 0 saturated heterocycles. The Kier molecular flexibility index (Phi) is 5.25. The van der Waals surface area contributed by atoms with Gasteiger partial charge in [-0.2, -0.15) is 13.2 Å². The monoisotopic (exact) mass is 406 g/mol. The van der Waals surface area contributed by atoms with Gasteiger partial charge in [-0.15, -0.1) is 0 Å². The summed E-state index contributed by atoms with van der Waals surface area (Å²) < 4.78 is 49.0. The van der Waals surface area contributed by atoms with Crippen LogP contribution in [-0.2, 0) is 12.7 Å². The fraction of sp³-hybridized carbons (Fsp3) is 0.381. The molecule has 2 aromatic rings. The molecule has 1 heterocycles. The van der Waals surface area contributed by atoms with Crippen LogP contribution in [0.25, 0.3) is 0 Å². The van der Waals surface area contributed by atoms with Gasteiger partial charge in [-0.1, -0.05) is 18.2 Å². The number of halogens is 3. The van der Waals surface area contributed by atoms with Gasteiger partial charge in [-0.25, -0.2) is 4.79 Å². The maximum absolute atomic E-state index is 12.6. The van der Waals surface area contributed by atoms with Crippen LogP contribution in [-0.4, -0.2) is 19.2 Å². The lowest BCUT2D eigenvalue weighted by Crippen LogP contribution is -2.38. The Bertz CT molecular complexity index is 880. The van der Waals surface area contributed by atoms with Crippen LogP contribution in [0.3, 0.4) is 0 Å². The number of carbonyl (C=O) groups is 1. The number of fused-ring (bicyclic) bond motifs is 1. The summed E-state index contributed by atoms with van der Waals surface area (Å²) in [6, 6.07) is 9.90. The molecule has 0 radical (unpaired) electrons. The molecule has 1 aliphatic heterocycles. The van der Waals surface area contributed by atoms with Crippen molar-refractivity contribution < 1.29 is 27.4 Å². The first-order chi connectivity index (χ1) is 13.9. The molecule has 1 saturated carbocycles. The normalized spacial score (nSPS) is 16.8. The molecule has 2 aromatic carbocycles. The highest BCUT2D eigenvalue weighted by atomic mass is 19.4. The third-order valence-corrected chi connectivity index (χ3v) is 5.04. The van der Waals surface area contributed by atoms with Gasteiger partial charge in [-0.05, 0) is 54.2 Å². The Morgan fingerprint density at radius 2 is 1.72 bits per heavy atom. The van der Waals surface area contributed by atoms with Crippen molar-refractivity contribution >= 4 is 6.03 Å². The first-order valence-corrected chi connectivity index (χ1v) is 9.50. The molecule has 8 heteroatoms. The van der Waals surface area contributed by atoms with Crippen LogP contribution in [0.5, 0.6) is 11.5 Å². The number of ether oxygens (including phenoxy) is 2. The topological polar surface area (TPSA) is 59.6 Å². The molecule has 2 aliphatic rings. The highest BCUT2D eigenvalue weighted by molar-refractivity contribution is 5.74. The van der Waals surface area contributed by atoms with Crippen molar-refractivity contribution in [2.24, 2.45) is 5.92 Å². The molecule has 5 nitrogen and oxygen atoms in total. The average Bonchev–Trinajstić information content (AvgIpc) is 3.55. The van der Waals surface area contributed by atoms with Crippen LogP contribution in [0, 0.1) is 5.92 Å². The van der Waals surface area contributed by atoms with E-state index in [1.54, 1.807) is 0 Å². The number of benzene rings is 2. The molecule has 1 unspecified atom stereocenters. The predicted octanol–water partition coefficient (Wildman–Crippen LogP) is 4.43. The minimum atomic E-state index is -4.37. The Labute approximate surface area is 166 Å². The van der Waals surface area contributed by atoms with E-state index in [4.69, 9.17) is 9.47 Å². The number of amides is 2. The van der Waals surface area contributed by atoms with E-state index < -0.39 is 11.7 Å². The van der Waals surface area contributed by atoms with E-state index in [0.29, 0.717) is 36.2 Å². The molecule has 154 valence electrons. The number of urea groups is 1. The van der Waals surface area contributed by atoms with E-state index >= 15 is 0 Å². The number of alkyl halides is 3. The van der Waals surface area contributed by atoms with Crippen molar-refractivity contribution in [3.8, 4) is 11.5 Å². The second kappa shape index (κ2) is 7.85. The zero-order valence-corrected chi connectivity index (χ0v) is 15.6. The summed E-state index contributed by atoms with van der Waals surface area (Å²) in [4.78, 5) is 12.4. The first kappa shape index (κ1) is 19.4. The molecule has 0 bridgehead atoms. The number of hydrogen-bond acceptors (Lipinski definition) is 3. The van der Waals surface area contributed by atoms with Crippen LogP contribution >= 0.6 is 0 Å². The van der Waals surface area contributed by atoms with Gasteiger partial charge in [0.15, 0.2) is 11.5 Å². The Hall–Kier alpha value is -2.90. The van der Waals surface area contributed by atoms with Crippen LogP contribution in [0.15, 0.2) is 42.5 Å². The Balaban J connectivity index is 1.37. The number of rotatable bonds is 5. The number of nitrogens with one attached hydrogen (secondary N) is 2. The van der Waals surface area contributed by atoms with Crippen molar-refractivity contribution in [3.05, 3.63) is 59.2 Å². The minimum absolute atomic E-state index is 0.141. The fourth-order valence-electron chi connectivity index (χ4n) is 3.34. The first-order valence-electron chi connectivity index (χ1n) is 9.50. The van der Waals surface area contributed by atoms with Gasteiger partial charge in [0.1, 0.15) is 13.2 Å². The van der Waals surface area contributed by atoms with Gasteiger partial charge in [0.2, 0.25) is 0 Å². The Morgan fingerprint density at radius 1 is 1.03 bits per heavy atom. The van der Waals surface area contributed by atoms with Crippen molar-refractivity contribution in [2.75, 3.05) is 13.2 Å². The molecule has 1 fully saturated rings. The molecule has 0 aromatic heterocycles. The smallest absolute Gasteiger partial charge is 0.416 e. The number of carbonyl (C=O) groups excluding carboxylic acids is 1. The van der Waals surface area contributed by atoms with Gasteiger partial charge in [0, 0.05) is 6.54 Å². The molecule has 0 spiro atoms. The lowest BCUT2D eigenvalue weighted by Gasteiger charge is -2.23. The van der Waals surface area contributed by atoms with Gasteiger partial charge in [0.25, 0.3) is 0 Å². The van der Waals surface area contributed by atoms with Gasteiger partial charge >= 0.3 is 12.2 Å². The van der Waals surface area contributed by atoms with E-state index in [1.807, 2.05) is 18.2 Å². The molecular formula is C21H21F3N2O3. The standard InChI is InChI=1S/C21H21F3N2O3/c22-21(23,24)16-6-1-13(2-7-16)12-25-20(27)26-19(14-3-4-14)15-5-8-17-18(11-15)29-10-9-28-17/h1-2,5-8,11,14,19H,3-4,9-10,12H2,(H2,25,26,27). The summed E-state index contributed by atoms with van der Waals surface area (Å²) >= 11 is 0. The zero-order valence-electron chi connectivity index (χ0n) is 15.6. The van der Waals surface area contributed by atoms with E-state index in [-0.39, 0.29) is 18.6 Å². The highest BCUT2D eigenvalue weighted by Gasteiger charge is 2.34. The largest absolute Gasteiger partial charge is 0.486 e. The Morgan fingerprint density at radius 3 is 2.38 bits per heavy atom. The third-order valence-electron chi connectivity index (χ3n) is 5.04. The van der Waals surface area contributed by atoms with Gasteiger partial charge in [0.05, 0.1) is 11.6 Å². The van der Waals surface area contributed by atoms with Crippen molar-refractivity contribution in [1.82, 2.24) is 10.6 Å². The van der Waals surface area contributed by atoms with Crippen LogP contribution in [0.1, 0.15) is 35.6 Å². The SMILES string of the molecule is O=C(NCc1ccc(C(F)(F)F)cc1)NC(c1ccc2c(c1)OCCO2)C1CC1. The molecule has 29 heavy (non-hydrogen) atoms. The zero-order chi connectivity index (χ0) is 20.4. The summed E-state index contributed by atoms with van der Waals surface area (Å²) in [5, 5.41) is 5.70. The minimum Gasteiger partial charge on any atom is -0.486 e. The van der Waals surface area contributed by atoms with Crippen LogP contribution < -0.4 is 20.1 Å². The fourth-order valence-corrected chi connectivity index (χ4v) is 3.34. The third kappa shape index (κ3) is 4.75.